The van der Waals surface area contributed by atoms with Gasteiger partial charge in [-0.05, 0) is 44.9 Å². The highest BCUT2D eigenvalue weighted by Gasteiger charge is 2.24. The molecular formula is C15H22FN3O. The summed E-state index contributed by atoms with van der Waals surface area (Å²) in [5.41, 5.74) is 9.31. The van der Waals surface area contributed by atoms with Crippen molar-refractivity contribution in [3.05, 3.63) is 35.1 Å². The van der Waals surface area contributed by atoms with E-state index >= 15 is 0 Å². The smallest absolute Gasteiger partial charge is 0.248 e. The van der Waals surface area contributed by atoms with Crippen molar-refractivity contribution in [2.45, 2.75) is 51.7 Å². The molecule has 1 amide bonds. The average Bonchev–Trinajstić information content (AvgIpc) is 2.39. The van der Waals surface area contributed by atoms with Crippen molar-refractivity contribution in [3.8, 4) is 0 Å². The predicted molar refractivity (Wildman–Crippen MR) is 76.4 cm³/mol. The Balaban J connectivity index is 2.06. The second-order valence-electron chi connectivity index (χ2n) is 5.54. The number of carbonyl (C=O) groups excluding carboxylic acids is 1. The van der Waals surface area contributed by atoms with Gasteiger partial charge in [-0.25, -0.2) is 9.40 Å². The van der Waals surface area contributed by atoms with Crippen LogP contribution in [0.2, 0.25) is 0 Å². The number of hydrazine groups is 1. The fraction of sp³-hybridized carbons (Fsp3) is 0.533. The number of amides is 1. The molecule has 1 fully saturated rings. The van der Waals surface area contributed by atoms with E-state index in [-0.39, 0.29) is 5.82 Å². The van der Waals surface area contributed by atoms with Crippen LogP contribution in [-0.4, -0.2) is 23.0 Å². The van der Waals surface area contributed by atoms with Crippen LogP contribution < -0.4 is 11.2 Å². The minimum atomic E-state index is -0.536. The first-order valence-corrected chi connectivity index (χ1v) is 7.09. The molecule has 1 aliphatic rings. The van der Waals surface area contributed by atoms with Crippen molar-refractivity contribution in [3.63, 3.8) is 0 Å². The Bertz CT molecular complexity index is 482. The maximum atomic E-state index is 13.8. The van der Waals surface area contributed by atoms with Crippen LogP contribution in [0.3, 0.4) is 0 Å². The van der Waals surface area contributed by atoms with Crippen LogP contribution in [0.4, 0.5) is 4.39 Å². The van der Waals surface area contributed by atoms with Gasteiger partial charge >= 0.3 is 0 Å². The van der Waals surface area contributed by atoms with Gasteiger partial charge in [-0.1, -0.05) is 6.42 Å². The number of nitrogens with two attached hydrogens (primary N) is 1. The molecule has 1 aliphatic heterocycles. The first kappa shape index (κ1) is 14.9. The van der Waals surface area contributed by atoms with Crippen LogP contribution in [0.1, 0.15) is 49.0 Å². The number of primary amides is 1. The zero-order valence-electron chi connectivity index (χ0n) is 12.0. The SMILES string of the molecule is CC1CCCC(C)N1NCc1cc(C(N)=O)ccc1F. The largest absolute Gasteiger partial charge is 0.366 e. The number of carbonyl (C=O) groups is 1. The molecule has 2 unspecified atom stereocenters. The third-order valence-electron chi connectivity index (χ3n) is 3.98. The summed E-state index contributed by atoms with van der Waals surface area (Å²) in [6.07, 6.45) is 3.51. The molecular weight excluding hydrogens is 257 g/mol. The minimum Gasteiger partial charge on any atom is -0.366 e. The lowest BCUT2D eigenvalue weighted by atomic mass is 10.00. The van der Waals surface area contributed by atoms with Gasteiger partial charge in [-0.3, -0.25) is 10.2 Å². The Morgan fingerprint density at radius 1 is 1.40 bits per heavy atom. The molecule has 20 heavy (non-hydrogen) atoms. The van der Waals surface area contributed by atoms with Crippen molar-refractivity contribution in [1.29, 1.82) is 0 Å². The normalized spacial score (nSPS) is 23.8. The lowest BCUT2D eigenvalue weighted by Crippen LogP contribution is -2.51. The number of rotatable bonds is 4. The highest BCUT2D eigenvalue weighted by Crippen LogP contribution is 2.21. The van der Waals surface area contributed by atoms with Crippen LogP contribution in [0.15, 0.2) is 18.2 Å². The molecule has 5 heteroatoms. The quantitative estimate of drug-likeness (QED) is 0.888. The van der Waals surface area contributed by atoms with Crippen LogP contribution >= 0.6 is 0 Å². The van der Waals surface area contributed by atoms with Gasteiger partial charge in [0.2, 0.25) is 5.91 Å². The third kappa shape index (κ3) is 3.35. The predicted octanol–water partition coefficient (Wildman–Crippen LogP) is 2.19. The molecule has 1 saturated heterocycles. The fourth-order valence-electron chi connectivity index (χ4n) is 2.77. The summed E-state index contributed by atoms with van der Waals surface area (Å²) >= 11 is 0. The lowest BCUT2D eigenvalue weighted by molar-refractivity contribution is 0.0431. The molecule has 2 atom stereocenters. The molecule has 0 radical (unpaired) electrons. The standard InChI is InChI=1S/C15H22FN3O/c1-10-4-3-5-11(2)19(10)18-9-13-8-12(15(17)20)6-7-14(13)16/h6-8,10-11,18H,3-5,9H2,1-2H3,(H2,17,20). The summed E-state index contributed by atoms with van der Waals surface area (Å²) < 4.78 is 13.8. The Hall–Kier alpha value is -1.46. The molecule has 3 N–H and O–H groups in total. The Morgan fingerprint density at radius 3 is 2.65 bits per heavy atom. The maximum Gasteiger partial charge on any atom is 0.248 e. The number of nitrogens with zero attached hydrogens (tertiary/aromatic N) is 1. The second kappa shape index (κ2) is 6.33. The van der Waals surface area contributed by atoms with Crippen molar-refractivity contribution in [2.75, 3.05) is 0 Å². The van der Waals surface area contributed by atoms with E-state index < -0.39 is 5.91 Å². The van der Waals surface area contributed by atoms with Gasteiger partial charge in [0.25, 0.3) is 0 Å². The van der Waals surface area contributed by atoms with Crippen molar-refractivity contribution >= 4 is 5.91 Å². The van der Waals surface area contributed by atoms with E-state index in [1.165, 1.54) is 24.6 Å². The van der Waals surface area contributed by atoms with E-state index in [0.29, 0.717) is 29.8 Å². The number of halogens is 1. The van der Waals surface area contributed by atoms with E-state index in [2.05, 4.69) is 24.3 Å². The van der Waals surface area contributed by atoms with Crippen molar-refractivity contribution < 1.29 is 9.18 Å². The molecule has 2 rings (SSSR count). The van der Waals surface area contributed by atoms with E-state index in [1.807, 2.05) is 0 Å². The minimum absolute atomic E-state index is 0.320. The van der Waals surface area contributed by atoms with Gasteiger partial charge in [0.1, 0.15) is 5.82 Å². The monoisotopic (exact) mass is 279 g/mol. The van der Waals surface area contributed by atoms with Crippen LogP contribution in [0.25, 0.3) is 0 Å². The van der Waals surface area contributed by atoms with E-state index in [4.69, 9.17) is 5.73 Å². The van der Waals surface area contributed by atoms with Crippen molar-refractivity contribution in [1.82, 2.24) is 10.4 Å². The zero-order valence-corrected chi connectivity index (χ0v) is 12.0. The highest BCUT2D eigenvalue weighted by atomic mass is 19.1. The molecule has 0 saturated carbocycles. The number of hydrogen-bond acceptors (Lipinski definition) is 3. The van der Waals surface area contributed by atoms with Crippen LogP contribution in [0, 0.1) is 5.82 Å². The molecule has 4 nitrogen and oxygen atoms in total. The number of piperidine rings is 1. The number of benzene rings is 1. The molecule has 1 heterocycles. The summed E-state index contributed by atoms with van der Waals surface area (Å²) in [5.74, 6) is -0.856. The Labute approximate surface area is 119 Å². The average molecular weight is 279 g/mol. The third-order valence-corrected chi connectivity index (χ3v) is 3.98. The Kier molecular flexibility index (Phi) is 4.73. The first-order valence-electron chi connectivity index (χ1n) is 7.09. The molecule has 0 aliphatic carbocycles. The molecule has 110 valence electrons. The topological polar surface area (TPSA) is 58.4 Å². The van der Waals surface area contributed by atoms with Gasteiger partial charge in [0.15, 0.2) is 0 Å². The van der Waals surface area contributed by atoms with E-state index in [1.54, 1.807) is 0 Å². The number of hydrogen-bond donors (Lipinski definition) is 2. The van der Waals surface area contributed by atoms with Gasteiger partial charge in [0, 0.05) is 29.8 Å². The van der Waals surface area contributed by atoms with Crippen molar-refractivity contribution in [2.24, 2.45) is 5.73 Å². The van der Waals surface area contributed by atoms with E-state index in [0.717, 1.165) is 12.8 Å². The summed E-state index contributed by atoms with van der Waals surface area (Å²) in [6.45, 7) is 4.69. The van der Waals surface area contributed by atoms with Gasteiger partial charge in [-0.15, -0.1) is 0 Å². The summed E-state index contributed by atoms with van der Waals surface area (Å²) in [6, 6.07) is 5.08. The van der Waals surface area contributed by atoms with Crippen LogP contribution in [-0.2, 0) is 6.54 Å². The van der Waals surface area contributed by atoms with Crippen LogP contribution in [0.5, 0.6) is 0 Å². The summed E-state index contributed by atoms with van der Waals surface area (Å²) in [5, 5.41) is 2.18. The maximum absolute atomic E-state index is 13.8. The Morgan fingerprint density at radius 2 is 2.05 bits per heavy atom. The fourth-order valence-corrected chi connectivity index (χ4v) is 2.77. The second-order valence-corrected chi connectivity index (χ2v) is 5.54. The van der Waals surface area contributed by atoms with Gasteiger partial charge in [-0.2, -0.15) is 0 Å². The first-order chi connectivity index (χ1) is 9.49. The zero-order chi connectivity index (χ0) is 14.7. The molecule has 1 aromatic carbocycles. The summed E-state index contributed by atoms with van der Waals surface area (Å²) in [4.78, 5) is 11.1. The van der Waals surface area contributed by atoms with Gasteiger partial charge < -0.3 is 5.73 Å². The van der Waals surface area contributed by atoms with Gasteiger partial charge in [0.05, 0.1) is 0 Å². The van der Waals surface area contributed by atoms with E-state index in [9.17, 15) is 9.18 Å². The molecule has 0 bridgehead atoms. The number of nitrogens with one attached hydrogen (secondary N) is 1. The summed E-state index contributed by atoms with van der Waals surface area (Å²) in [7, 11) is 0. The molecule has 0 aromatic heterocycles. The molecule has 1 aromatic rings. The highest BCUT2D eigenvalue weighted by molar-refractivity contribution is 5.92. The molecule has 0 spiro atoms. The lowest BCUT2D eigenvalue weighted by Gasteiger charge is -2.39.